The fraction of sp³-hybridized carbons (Fsp3) is 0.353. The molecule has 27 heavy (non-hydrogen) atoms. The second-order valence-electron chi connectivity index (χ2n) is 6.59. The predicted molar refractivity (Wildman–Crippen MR) is 98.8 cm³/mol. The van der Waals surface area contributed by atoms with Gasteiger partial charge >= 0.3 is 0 Å². The predicted octanol–water partition coefficient (Wildman–Crippen LogP) is 1.50. The molecule has 0 radical (unpaired) electrons. The van der Waals surface area contributed by atoms with Gasteiger partial charge in [0.25, 0.3) is 0 Å². The van der Waals surface area contributed by atoms with Gasteiger partial charge < -0.3 is 10.6 Å². The van der Waals surface area contributed by atoms with Crippen LogP contribution in [-0.4, -0.2) is 53.2 Å². The number of piperidine rings is 1. The SMILES string of the molecule is CS(=O)(=O)c1cnc(-c2cnc3ccc(F)cn23)nc1NC1CCCNC1. The summed E-state index contributed by atoms with van der Waals surface area (Å²) in [6.45, 7) is 1.67. The Hall–Kier alpha value is -2.59. The molecular formula is C17H19FN6O2S. The first-order valence-electron chi connectivity index (χ1n) is 8.59. The van der Waals surface area contributed by atoms with Crippen molar-refractivity contribution in [1.82, 2.24) is 24.7 Å². The number of nitrogens with zero attached hydrogens (tertiary/aromatic N) is 4. The lowest BCUT2D eigenvalue weighted by molar-refractivity contribution is 0.478. The van der Waals surface area contributed by atoms with Gasteiger partial charge in [0.15, 0.2) is 15.7 Å². The van der Waals surface area contributed by atoms with E-state index in [-0.39, 0.29) is 22.6 Å². The van der Waals surface area contributed by atoms with Crippen LogP contribution in [0.5, 0.6) is 0 Å². The molecule has 0 saturated carbocycles. The Bertz CT molecular complexity index is 1090. The molecule has 1 unspecified atom stereocenters. The highest BCUT2D eigenvalue weighted by Gasteiger charge is 2.22. The van der Waals surface area contributed by atoms with E-state index in [1.54, 1.807) is 6.07 Å². The first-order chi connectivity index (χ1) is 12.9. The summed E-state index contributed by atoms with van der Waals surface area (Å²) in [5.41, 5.74) is 1.03. The van der Waals surface area contributed by atoms with E-state index in [4.69, 9.17) is 0 Å². The van der Waals surface area contributed by atoms with Crippen LogP contribution in [0.3, 0.4) is 0 Å². The van der Waals surface area contributed by atoms with E-state index in [0.717, 1.165) is 32.2 Å². The van der Waals surface area contributed by atoms with Crippen molar-refractivity contribution in [2.24, 2.45) is 0 Å². The minimum atomic E-state index is -3.51. The first kappa shape index (κ1) is 17.8. The highest BCUT2D eigenvalue weighted by Crippen LogP contribution is 2.25. The topological polar surface area (TPSA) is 101 Å². The molecule has 0 amide bonds. The van der Waals surface area contributed by atoms with Gasteiger partial charge in [-0.1, -0.05) is 0 Å². The summed E-state index contributed by atoms with van der Waals surface area (Å²) in [4.78, 5) is 12.9. The summed E-state index contributed by atoms with van der Waals surface area (Å²) in [6.07, 6.45) is 7.15. The maximum Gasteiger partial charge on any atom is 0.180 e. The van der Waals surface area contributed by atoms with Crippen molar-refractivity contribution < 1.29 is 12.8 Å². The Balaban J connectivity index is 1.79. The van der Waals surface area contributed by atoms with Gasteiger partial charge in [0.1, 0.15) is 27.9 Å². The first-order valence-corrected chi connectivity index (χ1v) is 10.5. The zero-order chi connectivity index (χ0) is 19.0. The number of sulfone groups is 1. The average molecular weight is 390 g/mol. The van der Waals surface area contributed by atoms with Crippen LogP contribution in [0.15, 0.2) is 35.6 Å². The molecule has 2 N–H and O–H groups in total. The Labute approximate surface area is 155 Å². The van der Waals surface area contributed by atoms with Gasteiger partial charge in [-0.05, 0) is 31.5 Å². The van der Waals surface area contributed by atoms with E-state index in [1.807, 2.05) is 0 Å². The van der Waals surface area contributed by atoms with E-state index in [0.29, 0.717) is 11.3 Å². The maximum absolute atomic E-state index is 13.6. The largest absolute Gasteiger partial charge is 0.365 e. The normalized spacial score (nSPS) is 17.9. The van der Waals surface area contributed by atoms with E-state index < -0.39 is 15.7 Å². The molecule has 142 valence electrons. The molecule has 1 aliphatic heterocycles. The maximum atomic E-state index is 13.6. The Morgan fingerprint density at radius 1 is 1.30 bits per heavy atom. The highest BCUT2D eigenvalue weighted by atomic mass is 32.2. The minimum Gasteiger partial charge on any atom is -0.365 e. The summed E-state index contributed by atoms with van der Waals surface area (Å²) < 4.78 is 39.5. The molecule has 1 aliphatic rings. The van der Waals surface area contributed by atoms with E-state index in [2.05, 4.69) is 25.6 Å². The van der Waals surface area contributed by atoms with Gasteiger partial charge in [-0.25, -0.2) is 27.8 Å². The van der Waals surface area contributed by atoms with Gasteiger partial charge in [0.2, 0.25) is 0 Å². The number of imidazole rings is 1. The highest BCUT2D eigenvalue weighted by molar-refractivity contribution is 7.90. The standard InChI is InChI=1S/C17H19FN6O2S/c1-27(25,26)14-9-21-16(23-17(14)22-12-3-2-6-19-7-12)13-8-20-15-5-4-11(18)10-24(13)15/h4-5,8-10,12,19H,2-3,6-7H2,1H3,(H,21,22,23). The third-order valence-electron chi connectivity index (χ3n) is 4.49. The molecule has 0 aliphatic carbocycles. The summed E-state index contributed by atoms with van der Waals surface area (Å²) in [6, 6.07) is 2.95. The monoisotopic (exact) mass is 390 g/mol. The lowest BCUT2D eigenvalue weighted by Crippen LogP contribution is -2.39. The third-order valence-corrected chi connectivity index (χ3v) is 5.59. The number of aromatic nitrogens is 4. The fourth-order valence-corrected chi connectivity index (χ4v) is 3.86. The van der Waals surface area contributed by atoms with Crippen LogP contribution in [0, 0.1) is 5.82 Å². The summed E-state index contributed by atoms with van der Waals surface area (Å²) >= 11 is 0. The second kappa shape index (κ2) is 6.86. The number of pyridine rings is 1. The Kier molecular flexibility index (Phi) is 4.52. The molecule has 3 aromatic rings. The minimum absolute atomic E-state index is 0.0387. The van der Waals surface area contributed by atoms with Crippen LogP contribution in [0.1, 0.15) is 12.8 Å². The van der Waals surface area contributed by atoms with Gasteiger partial charge in [-0.3, -0.25) is 4.40 Å². The number of nitrogens with one attached hydrogen (secondary N) is 2. The number of rotatable bonds is 4. The molecule has 1 atom stereocenters. The second-order valence-corrected chi connectivity index (χ2v) is 8.57. The molecule has 1 fully saturated rings. The molecule has 0 bridgehead atoms. The van der Waals surface area contributed by atoms with Crippen molar-refractivity contribution in [3.05, 3.63) is 36.5 Å². The van der Waals surface area contributed by atoms with Crippen molar-refractivity contribution in [1.29, 1.82) is 0 Å². The van der Waals surface area contributed by atoms with Crippen molar-refractivity contribution in [3.63, 3.8) is 0 Å². The molecule has 3 aromatic heterocycles. The fourth-order valence-electron chi connectivity index (χ4n) is 3.16. The van der Waals surface area contributed by atoms with E-state index >= 15 is 0 Å². The van der Waals surface area contributed by atoms with E-state index in [9.17, 15) is 12.8 Å². The molecule has 1 saturated heterocycles. The lowest BCUT2D eigenvalue weighted by Gasteiger charge is -2.25. The van der Waals surface area contributed by atoms with Crippen molar-refractivity contribution >= 4 is 21.3 Å². The van der Waals surface area contributed by atoms with Crippen LogP contribution >= 0.6 is 0 Å². The number of hydrogen-bond acceptors (Lipinski definition) is 7. The van der Waals surface area contributed by atoms with Crippen LogP contribution in [-0.2, 0) is 9.84 Å². The zero-order valence-electron chi connectivity index (χ0n) is 14.7. The van der Waals surface area contributed by atoms with Crippen molar-refractivity contribution in [3.8, 4) is 11.5 Å². The van der Waals surface area contributed by atoms with Crippen molar-refractivity contribution in [2.45, 2.75) is 23.8 Å². The number of hydrogen-bond donors (Lipinski definition) is 2. The molecule has 10 heteroatoms. The molecular weight excluding hydrogens is 371 g/mol. The summed E-state index contributed by atoms with van der Waals surface area (Å²) in [7, 11) is -3.51. The zero-order valence-corrected chi connectivity index (χ0v) is 15.5. The van der Waals surface area contributed by atoms with Crippen LogP contribution < -0.4 is 10.6 Å². The van der Waals surface area contributed by atoms with Crippen LogP contribution in [0.4, 0.5) is 10.2 Å². The van der Waals surface area contributed by atoms with Crippen LogP contribution in [0.2, 0.25) is 0 Å². The van der Waals surface area contributed by atoms with Gasteiger partial charge in [0.05, 0.1) is 12.4 Å². The summed E-state index contributed by atoms with van der Waals surface area (Å²) in [5, 5.41) is 6.50. The van der Waals surface area contributed by atoms with Gasteiger partial charge in [0, 0.05) is 25.0 Å². The molecule has 4 rings (SSSR count). The van der Waals surface area contributed by atoms with Gasteiger partial charge in [-0.15, -0.1) is 0 Å². The van der Waals surface area contributed by atoms with E-state index in [1.165, 1.54) is 29.1 Å². The molecule has 8 nitrogen and oxygen atoms in total. The molecule has 0 aromatic carbocycles. The lowest BCUT2D eigenvalue weighted by atomic mass is 10.1. The molecule has 4 heterocycles. The Morgan fingerprint density at radius 2 is 2.15 bits per heavy atom. The molecule has 0 spiro atoms. The third kappa shape index (κ3) is 3.62. The van der Waals surface area contributed by atoms with Crippen molar-refractivity contribution in [2.75, 3.05) is 24.7 Å². The number of fused-ring (bicyclic) bond motifs is 1. The van der Waals surface area contributed by atoms with Gasteiger partial charge in [-0.2, -0.15) is 0 Å². The summed E-state index contributed by atoms with van der Waals surface area (Å²) in [5.74, 6) is 0.107. The number of halogens is 1. The average Bonchev–Trinajstić information content (AvgIpc) is 3.04. The smallest absolute Gasteiger partial charge is 0.180 e. The number of anilines is 1. The quantitative estimate of drug-likeness (QED) is 0.696. The van der Waals surface area contributed by atoms with Crippen LogP contribution in [0.25, 0.3) is 17.2 Å². The Morgan fingerprint density at radius 3 is 2.89 bits per heavy atom.